The van der Waals surface area contributed by atoms with E-state index < -0.39 is 0 Å². The molecule has 0 aromatic carbocycles. The van der Waals surface area contributed by atoms with Crippen LogP contribution in [0.1, 0.15) is 31.7 Å². The number of hydrogen-bond donors (Lipinski definition) is 1. The highest BCUT2D eigenvalue weighted by atomic mass is 79.9. The first kappa shape index (κ1) is 14.0. The molecule has 0 fully saturated rings. The number of nitrogens with zero attached hydrogens (tertiary/aromatic N) is 2. The molecule has 0 radical (unpaired) electrons. The normalized spacial score (nSPS) is 13.1. The smallest absolute Gasteiger partial charge is 0.0767 e. The highest BCUT2D eigenvalue weighted by molar-refractivity contribution is 9.10. The molecule has 5 heteroatoms. The number of aryl methyl sites for hydroxylation is 2. The lowest BCUT2D eigenvalue weighted by Gasteiger charge is -2.13. The molecule has 0 aliphatic heterocycles. The Hall–Kier alpha value is -0.0600. The predicted octanol–water partition coefficient (Wildman–Crippen LogP) is 2.85. The fourth-order valence-electron chi connectivity index (χ4n) is 1.56. The monoisotopic (exact) mass is 307 g/mol. The zero-order valence-corrected chi connectivity index (χ0v) is 12.4. The lowest BCUT2D eigenvalue weighted by Crippen LogP contribution is -2.30. The quantitative estimate of drug-likeness (QED) is 0.819. The van der Waals surface area contributed by atoms with Gasteiger partial charge in [0, 0.05) is 25.5 Å². The van der Waals surface area contributed by atoms with Crippen molar-refractivity contribution in [2.24, 2.45) is 7.05 Å². The second kappa shape index (κ2) is 6.62. The summed E-state index contributed by atoms with van der Waals surface area (Å²) in [5.41, 5.74) is 2.29. The van der Waals surface area contributed by atoms with Crippen molar-refractivity contribution in [2.45, 2.75) is 39.3 Å². The van der Waals surface area contributed by atoms with E-state index in [4.69, 9.17) is 11.6 Å². The molecule has 0 saturated carbocycles. The van der Waals surface area contributed by atoms with Crippen molar-refractivity contribution >= 4 is 27.5 Å². The summed E-state index contributed by atoms with van der Waals surface area (Å²) in [6.45, 7) is 5.04. The van der Waals surface area contributed by atoms with Crippen LogP contribution in [0.2, 0.25) is 0 Å². The van der Waals surface area contributed by atoms with E-state index in [0.29, 0.717) is 11.9 Å². The molecular weight excluding hydrogens is 289 g/mol. The van der Waals surface area contributed by atoms with Crippen molar-refractivity contribution in [2.75, 3.05) is 5.88 Å². The maximum atomic E-state index is 5.85. The first-order valence-electron chi connectivity index (χ1n) is 5.63. The number of alkyl halides is 1. The van der Waals surface area contributed by atoms with Gasteiger partial charge in [-0.05, 0) is 28.8 Å². The fraction of sp³-hybridized carbons (Fsp3) is 0.727. The number of rotatable bonds is 6. The molecule has 3 nitrogen and oxygen atoms in total. The van der Waals surface area contributed by atoms with E-state index in [2.05, 4.69) is 40.2 Å². The molecule has 0 spiro atoms. The van der Waals surface area contributed by atoms with Crippen LogP contribution in [-0.4, -0.2) is 21.7 Å². The zero-order valence-electron chi connectivity index (χ0n) is 10.1. The Kier molecular flexibility index (Phi) is 5.79. The molecule has 0 aliphatic rings. The van der Waals surface area contributed by atoms with Gasteiger partial charge in [-0.3, -0.25) is 4.68 Å². The van der Waals surface area contributed by atoms with Gasteiger partial charge >= 0.3 is 0 Å². The highest BCUT2D eigenvalue weighted by Crippen LogP contribution is 2.21. The van der Waals surface area contributed by atoms with Gasteiger partial charge in [0.2, 0.25) is 0 Å². The van der Waals surface area contributed by atoms with Crippen LogP contribution in [0, 0.1) is 0 Å². The van der Waals surface area contributed by atoms with Gasteiger partial charge in [-0.15, -0.1) is 11.6 Å². The molecule has 0 amide bonds. The van der Waals surface area contributed by atoms with Crippen molar-refractivity contribution in [1.29, 1.82) is 0 Å². The third kappa shape index (κ3) is 3.22. The lowest BCUT2D eigenvalue weighted by atomic mass is 10.2. The first-order valence-corrected chi connectivity index (χ1v) is 6.96. The van der Waals surface area contributed by atoms with Crippen molar-refractivity contribution in [1.82, 2.24) is 15.1 Å². The van der Waals surface area contributed by atoms with Crippen LogP contribution < -0.4 is 5.32 Å². The van der Waals surface area contributed by atoms with Crippen LogP contribution >= 0.6 is 27.5 Å². The second-order valence-corrected chi connectivity index (χ2v) is 4.93. The zero-order chi connectivity index (χ0) is 12.1. The van der Waals surface area contributed by atoms with Gasteiger partial charge in [-0.2, -0.15) is 5.10 Å². The van der Waals surface area contributed by atoms with Crippen LogP contribution in [-0.2, 0) is 20.0 Å². The minimum atomic E-state index is 0.369. The number of nitrogens with one attached hydrogen (secondary N) is 1. The van der Waals surface area contributed by atoms with Crippen molar-refractivity contribution in [3.8, 4) is 0 Å². The Morgan fingerprint density at radius 1 is 1.50 bits per heavy atom. The van der Waals surface area contributed by atoms with Crippen LogP contribution in [0.25, 0.3) is 0 Å². The Labute approximate surface area is 111 Å². The molecule has 92 valence electrons. The number of hydrogen-bond acceptors (Lipinski definition) is 2. The summed E-state index contributed by atoms with van der Waals surface area (Å²) in [5, 5.41) is 7.89. The van der Waals surface area contributed by atoms with Gasteiger partial charge < -0.3 is 5.32 Å². The first-order chi connectivity index (χ1) is 7.63. The van der Waals surface area contributed by atoms with E-state index in [1.807, 2.05) is 11.7 Å². The summed E-state index contributed by atoms with van der Waals surface area (Å²) >= 11 is 9.45. The SMILES string of the molecule is CCc1nn(C)c(CNC(CC)CCl)c1Br. The molecule has 0 aliphatic carbocycles. The van der Waals surface area contributed by atoms with Crippen molar-refractivity contribution < 1.29 is 0 Å². The van der Waals surface area contributed by atoms with Crippen LogP contribution in [0.4, 0.5) is 0 Å². The van der Waals surface area contributed by atoms with Gasteiger partial charge in [0.25, 0.3) is 0 Å². The summed E-state index contributed by atoms with van der Waals surface area (Å²) in [6, 6.07) is 0.369. The molecule has 16 heavy (non-hydrogen) atoms. The average molecular weight is 309 g/mol. The lowest BCUT2D eigenvalue weighted by molar-refractivity contribution is 0.519. The molecule has 1 heterocycles. The molecule has 1 N–H and O–H groups in total. The third-order valence-corrected chi connectivity index (χ3v) is 4.03. The van der Waals surface area contributed by atoms with Gasteiger partial charge in [-0.1, -0.05) is 13.8 Å². The molecule has 1 unspecified atom stereocenters. The molecular formula is C11H19BrClN3. The molecule has 0 saturated heterocycles. The minimum Gasteiger partial charge on any atom is -0.307 e. The summed E-state index contributed by atoms with van der Waals surface area (Å²) in [5.74, 6) is 0.645. The average Bonchev–Trinajstić information content (AvgIpc) is 2.56. The number of halogens is 2. The van der Waals surface area contributed by atoms with Gasteiger partial charge in [0.1, 0.15) is 0 Å². The van der Waals surface area contributed by atoms with E-state index in [1.54, 1.807) is 0 Å². The number of aromatic nitrogens is 2. The summed E-state index contributed by atoms with van der Waals surface area (Å²) in [4.78, 5) is 0. The second-order valence-electron chi connectivity index (χ2n) is 3.82. The van der Waals surface area contributed by atoms with Gasteiger partial charge in [0.15, 0.2) is 0 Å². The molecule has 1 aromatic heterocycles. The maximum Gasteiger partial charge on any atom is 0.0767 e. The Bertz CT molecular complexity index is 334. The Morgan fingerprint density at radius 3 is 2.62 bits per heavy atom. The molecule has 1 rings (SSSR count). The van der Waals surface area contributed by atoms with Crippen molar-refractivity contribution in [3.05, 3.63) is 15.9 Å². The van der Waals surface area contributed by atoms with E-state index in [9.17, 15) is 0 Å². The van der Waals surface area contributed by atoms with E-state index >= 15 is 0 Å². The largest absolute Gasteiger partial charge is 0.307 e. The standard InChI is InChI=1S/C11H19BrClN3/c1-4-8(6-13)14-7-10-11(12)9(5-2)15-16(10)3/h8,14H,4-7H2,1-3H3. The van der Waals surface area contributed by atoms with E-state index in [1.165, 1.54) is 5.69 Å². The fourth-order valence-corrected chi connectivity index (χ4v) is 2.64. The third-order valence-electron chi connectivity index (χ3n) is 2.74. The van der Waals surface area contributed by atoms with Crippen LogP contribution in [0.3, 0.4) is 0 Å². The van der Waals surface area contributed by atoms with Crippen LogP contribution in [0.15, 0.2) is 4.47 Å². The predicted molar refractivity (Wildman–Crippen MR) is 71.9 cm³/mol. The maximum absolute atomic E-state index is 5.85. The Balaban J connectivity index is 2.69. The highest BCUT2D eigenvalue weighted by Gasteiger charge is 2.13. The molecule has 1 aromatic rings. The van der Waals surface area contributed by atoms with E-state index in [0.717, 1.165) is 29.6 Å². The van der Waals surface area contributed by atoms with Gasteiger partial charge in [-0.25, -0.2) is 0 Å². The Morgan fingerprint density at radius 2 is 2.19 bits per heavy atom. The van der Waals surface area contributed by atoms with E-state index in [-0.39, 0.29) is 0 Å². The van der Waals surface area contributed by atoms with Crippen LogP contribution in [0.5, 0.6) is 0 Å². The van der Waals surface area contributed by atoms with Crippen molar-refractivity contribution in [3.63, 3.8) is 0 Å². The molecule has 0 bridgehead atoms. The minimum absolute atomic E-state index is 0.369. The molecule has 1 atom stereocenters. The van der Waals surface area contributed by atoms with Gasteiger partial charge in [0.05, 0.1) is 15.9 Å². The summed E-state index contributed by atoms with van der Waals surface area (Å²) < 4.78 is 3.05. The topological polar surface area (TPSA) is 29.9 Å². The summed E-state index contributed by atoms with van der Waals surface area (Å²) in [6.07, 6.45) is 1.99. The summed E-state index contributed by atoms with van der Waals surface area (Å²) in [7, 11) is 1.97.